The number of piperidine rings is 1. The second-order valence-corrected chi connectivity index (χ2v) is 6.95. The molecular weight excluding hydrogens is 308 g/mol. The number of ether oxygens (including phenoxy) is 1. The van der Waals surface area contributed by atoms with Crippen molar-refractivity contribution in [3.63, 3.8) is 0 Å². The summed E-state index contributed by atoms with van der Waals surface area (Å²) in [6, 6.07) is 0. The molecule has 0 aromatic carbocycles. The molecule has 24 heavy (non-hydrogen) atoms. The van der Waals surface area contributed by atoms with Crippen LogP contribution >= 0.6 is 0 Å². The zero-order valence-electron chi connectivity index (χ0n) is 14.7. The fourth-order valence-electron chi connectivity index (χ4n) is 3.87. The Morgan fingerprint density at radius 2 is 2.21 bits per heavy atom. The number of nitrogens with one attached hydrogen (secondary N) is 1. The predicted octanol–water partition coefficient (Wildman–Crippen LogP) is 0.679. The third-order valence-electron chi connectivity index (χ3n) is 5.14. The molecule has 2 aliphatic rings. The molecule has 1 N–H and O–H groups in total. The maximum Gasteiger partial charge on any atom is 0.255 e. The van der Waals surface area contributed by atoms with Crippen LogP contribution in [0.2, 0.25) is 0 Å². The van der Waals surface area contributed by atoms with Crippen LogP contribution in [-0.2, 0) is 21.4 Å². The third-order valence-corrected chi connectivity index (χ3v) is 5.14. The van der Waals surface area contributed by atoms with Crippen LogP contribution in [0.25, 0.3) is 0 Å². The van der Waals surface area contributed by atoms with Gasteiger partial charge in [-0.2, -0.15) is 0 Å². The van der Waals surface area contributed by atoms with Crippen molar-refractivity contribution in [1.82, 2.24) is 14.9 Å². The first-order chi connectivity index (χ1) is 11.5. The average molecular weight is 334 g/mol. The minimum absolute atomic E-state index is 0.0297. The minimum atomic E-state index is -0.186. The summed E-state index contributed by atoms with van der Waals surface area (Å²) in [5.41, 5.74) is 1.45. The van der Waals surface area contributed by atoms with E-state index in [0.717, 1.165) is 43.5 Å². The topological polar surface area (TPSA) is 78.5 Å². The van der Waals surface area contributed by atoms with Crippen LogP contribution in [0, 0.1) is 0 Å². The molecule has 1 aromatic heterocycles. The summed E-state index contributed by atoms with van der Waals surface area (Å²) in [6.07, 6.45) is 3.53. The molecule has 1 aliphatic carbocycles. The molecule has 2 heterocycles. The number of carbonyl (C=O) groups excluding carboxylic acids is 1. The lowest BCUT2D eigenvalue weighted by Gasteiger charge is -2.40. The van der Waals surface area contributed by atoms with Crippen molar-refractivity contribution in [2.75, 3.05) is 45.3 Å². The molecule has 1 aliphatic heterocycles. The Kier molecular flexibility index (Phi) is 4.62. The second kappa shape index (κ2) is 6.55. The fourth-order valence-corrected chi connectivity index (χ4v) is 3.87. The first kappa shape index (κ1) is 17.0. The van der Waals surface area contributed by atoms with Gasteiger partial charge in [-0.05, 0) is 32.6 Å². The molecule has 1 amide bonds. The Balaban J connectivity index is 1.90. The first-order valence-corrected chi connectivity index (χ1v) is 8.63. The van der Waals surface area contributed by atoms with Gasteiger partial charge in [0.1, 0.15) is 6.61 Å². The largest absolute Gasteiger partial charge is 0.372 e. The van der Waals surface area contributed by atoms with Gasteiger partial charge in [0.2, 0.25) is 11.9 Å². The molecule has 3 rings (SSSR count). The highest BCUT2D eigenvalue weighted by molar-refractivity contribution is 5.77. The smallest absolute Gasteiger partial charge is 0.255 e. The van der Waals surface area contributed by atoms with Crippen molar-refractivity contribution in [3.05, 3.63) is 21.6 Å². The lowest BCUT2D eigenvalue weighted by atomic mass is 9.77. The van der Waals surface area contributed by atoms with Gasteiger partial charge in [0, 0.05) is 44.8 Å². The fraction of sp³-hybridized carbons (Fsp3) is 0.706. The van der Waals surface area contributed by atoms with Crippen molar-refractivity contribution < 1.29 is 9.53 Å². The van der Waals surface area contributed by atoms with Crippen LogP contribution in [0.15, 0.2) is 4.79 Å². The normalized spacial score (nSPS) is 22.7. The van der Waals surface area contributed by atoms with Gasteiger partial charge in [-0.15, -0.1) is 0 Å². The molecule has 7 heteroatoms. The van der Waals surface area contributed by atoms with Gasteiger partial charge in [0.05, 0.1) is 5.69 Å². The van der Waals surface area contributed by atoms with Crippen LogP contribution in [0.4, 0.5) is 5.95 Å². The van der Waals surface area contributed by atoms with E-state index in [9.17, 15) is 9.59 Å². The number of hydrogen-bond donors (Lipinski definition) is 1. The summed E-state index contributed by atoms with van der Waals surface area (Å²) < 4.78 is 5.27. The van der Waals surface area contributed by atoms with Crippen molar-refractivity contribution in [3.8, 4) is 0 Å². The van der Waals surface area contributed by atoms with Crippen LogP contribution in [0.1, 0.15) is 37.4 Å². The molecular formula is C17H26N4O3. The average Bonchev–Trinajstić information content (AvgIpc) is 2.91. The van der Waals surface area contributed by atoms with E-state index in [1.165, 1.54) is 0 Å². The first-order valence-electron chi connectivity index (χ1n) is 8.63. The summed E-state index contributed by atoms with van der Waals surface area (Å²) in [6.45, 7) is 3.95. The summed E-state index contributed by atoms with van der Waals surface area (Å²) in [5.74, 6) is 0.611. The molecule has 132 valence electrons. The summed E-state index contributed by atoms with van der Waals surface area (Å²) >= 11 is 0. The van der Waals surface area contributed by atoms with Crippen molar-refractivity contribution >= 4 is 11.9 Å². The van der Waals surface area contributed by atoms with Crippen LogP contribution in [0.3, 0.4) is 0 Å². The van der Waals surface area contributed by atoms with Gasteiger partial charge in [0.25, 0.3) is 5.56 Å². The number of anilines is 1. The lowest BCUT2D eigenvalue weighted by molar-refractivity contribution is -0.138. The number of fused-ring (bicyclic) bond motifs is 2. The van der Waals surface area contributed by atoms with Crippen molar-refractivity contribution in [1.29, 1.82) is 0 Å². The number of H-pyrrole nitrogens is 1. The van der Waals surface area contributed by atoms with Crippen molar-refractivity contribution in [2.45, 2.75) is 38.0 Å². The standard InChI is InChI=1S/C17H26N4O3/c1-4-24-10-13(22)21-9-5-7-17(11-21)8-6-12-14(17)18-16(20(2)3)19-15(12)23/h4-11H2,1-3H3,(H,18,19,23). The van der Waals surface area contributed by atoms with Crippen LogP contribution < -0.4 is 10.5 Å². The van der Waals surface area contributed by atoms with E-state index in [1.54, 1.807) is 0 Å². The Morgan fingerprint density at radius 3 is 2.92 bits per heavy atom. The number of aromatic amines is 1. The molecule has 0 radical (unpaired) electrons. The Labute approximate surface area is 142 Å². The molecule has 1 atom stereocenters. The molecule has 1 aromatic rings. The third kappa shape index (κ3) is 2.92. The SMILES string of the molecule is CCOCC(=O)N1CCCC2(CCc3c2nc(N(C)C)[nH]c3=O)C1. The van der Waals surface area contributed by atoms with E-state index >= 15 is 0 Å². The molecule has 1 saturated heterocycles. The number of carbonyl (C=O) groups is 1. The zero-order valence-corrected chi connectivity index (χ0v) is 14.7. The van der Waals surface area contributed by atoms with Gasteiger partial charge in [0.15, 0.2) is 0 Å². The van der Waals surface area contributed by atoms with Gasteiger partial charge in [-0.1, -0.05) is 0 Å². The molecule has 1 fully saturated rings. The minimum Gasteiger partial charge on any atom is -0.372 e. The highest BCUT2D eigenvalue weighted by Crippen LogP contribution is 2.43. The summed E-state index contributed by atoms with van der Waals surface area (Å²) in [5, 5.41) is 0. The van der Waals surface area contributed by atoms with Crippen molar-refractivity contribution in [2.24, 2.45) is 0 Å². The predicted molar refractivity (Wildman–Crippen MR) is 91.5 cm³/mol. The van der Waals surface area contributed by atoms with E-state index in [4.69, 9.17) is 9.72 Å². The summed E-state index contributed by atoms with van der Waals surface area (Å²) in [7, 11) is 3.73. The van der Waals surface area contributed by atoms with Crippen LogP contribution in [0.5, 0.6) is 0 Å². The number of nitrogens with zero attached hydrogens (tertiary/aromatic N) is 3. The summed E-state index contributed by atoms with van der Waals surface area (Å²) in [4.78, 5) is 36.0. The van der Waals surface area contributed by atoms with E-state index in [1.807, 2.05) is 30.8 Å². The van der Waals surface area contributed by atoms with E-state index in [-0.39, 0.29) is 23.5 Å². The number of amides is 1. The second-order valence-electron chi connectivity index (χ2n) is 6.95. The molecule has 0 bridgehead atoms. The lowest BCUT2D eigenvalue weighted by Crippen LogP contribution is -2.49. The van der Waals surface area contributed by atoms with E-state index < -0.39 is 0 Å². The number of aromatic nitrogens is 2. The highest BCUT2D eigenvalue weighted by atomic mass is 16.5. The Morgan fingerprint density at radius 1 is 1.42 bits per heavy atom. The molecule has 1 unspecified atom stereocenters. The molecule has 7 nitrogen and oxygen atoms in total. The highest BCUT2D eigenvalue weighted by Gasteiger charge is 2.45. The Hall–Kier alpha value is -1.89. The molecule has 1 spiro atoms. The number of hydrogen-bond acceptors (Lipinski definition) is 5. The monoisotopic (exact) mass is 334 g/mol. The maximum atomic E-state index is 12.4. The quantitative estimate of drug-likeness (QED) is 0.876. The van der Waals surface area contributed by atoms with E-state index in [2.05, 4.69) is 4.98 Å². The zero-order chi connectivity index (χ0) is 17.3. The maximum absolute atomic E-state index is 12.4. The number of rotatable bonds is 4. The Bertz CT molecular complexity index is 685. The number of likely N-dealkylation sites (tertiary alicyclic amines) is 1. The van der Waals surface area contributed by atoms with Gasteiger partial charge < -0.3 is 14.5 Å². The molecule has 0 saturated carbocycles. The van der Waals surface area contributed by atoms with Gasteiger partial charge in [-0.3, -0.25) is 14.6 Å². The van der Waals surface area contributed by atoms with Gasteiger partial charge in [-0.25, -0.2) is 4.98 Å². The van der Waals surface area contributed by atoms with Crippen LogP contribution in [-0.4, -0.2) is 61.2 Å². The van der Waals surface area contributed by atoms with E-state index in [0.29, 0.717) is 19.1 Å². The van der Waals surface area contributed by atoms with Gasteiger partial charge >= 0.3 is 0 Å².